The molecule has 1 N–H and O–H groups in total. The fourth-order valence-corrected chi connectivity index (χ4v) is 6.20. The lowest BCUT2D eigenvalue weighted by molar-refractivity contribution is -0.172. The summed E-state index contributed by atoms with van der Waals surface area (Å²) >= 11 is 0. The zero-order valence-corrected chi connectivity index (χ0v) is 20.3. The molecule has 5 rings (SSSR count). The number of nitrogens with zero attached hydrogens (tertiary/aromatic N) is 2. The molecule has 3 fully saturated rings. The number of alkyl halides is 2. The summed E-state index contributed by atoms with van der Waals surface area (Å²) in [6, 6.07) is 9.46. The molecule has 0 radical (unpaired) electrons. The van der Waals surface area contributed by atoms with Gasteiger partial charge in [-0.25, -0.2) is 21.9 Å². The van der Waals surface area contributed by atoms with Gasteiger partial charge in [-0.2, -0.15) is 14.0 Å². The van der Waals surface area contributed by atoms with Gasteiger partial charge in [0.05, 0.1) is 12.6 Å². The second-order valence-corrected chi connectivity index (χ2v) is 11.5. The second kappa shape index (κ2) is 9.08. The summed E-state index contributed by atoms with van der Waals surface area (Å²) in [5.74, 6) is -5.66. The van der Waals surface area contributed by atoms with Crippen LogP contribution in [0.5, 0.6) is 0 Å². The Bertz CT molecular complexity index is 1390. The van der Waals surface area contributed by atoms with E-state index in [1.165, 1.54) is 41.3 Å². The van der Waals surface area contributed by atoms with Crippen molar-refractivity contribution in [2.75, 3.05) is 13.2 Å². The molecule has 2 heterocycles. The molecule has 37 heavy (non-hydrogen) atoms. The Morgan fingerprint density at radius 3 is 2.46 bits per heavy atom. The molecule has 2 aliphatic heterocycles. The standard InChI is InChI=1S/C25H23F4N3O4S/c26-17-5-1-3-15(11-17)18-6-2-4-16(20(18)27)12-19-21(31-37(34,35)23(28)29)24(7-8-24)14-32(19)22(33)25(13-30)9-10-36-25/h1-6,11,19,21,23,31H,7-10,12,14H2/t19-,21+,25-/m0/s1. The van der Waals surface area contributed by atoms with E-state index >= 15 is 4.39 Å². The highest BCUT2D eigenvalue weighted by atomic mass is 32.2. The first-order valence-corrected chi connectivity index (χ1v) is 13.3. The van der Waals surface area contributed by atoms with Crippen LogP contribution in [0.15, 0.2) is 42.5 Å². The van der Waals surface area contributed by atoms with E-state index in [0.717, 1.165) is 6.07 Å². The average molecular weight is 538 g/mol. The Morgan fingerprint density at radius 2 is 1.89 bits per heavy atom. The van der Waals surface area contributed by atoms with Crippen LogP contribution in [0.3, 0.4) is 0 Å². The number of amides is 1. The maximum Gasteiger partial charge on any atom is 0.350 e. The number of rotatable bonds is 7. The molecular formula is C25H23F4N3O4S. The largest absolute Gasteiger partial charge is 0.352 e. The van der Waals surface area contributed by atoms with Crippen molar-refractivity contribution >= 4 is 15.9 Å². The van der Waals surface area contributed by atoms with E-state index in [1.807, 2.05) is 6.07 Å². The van der Waals surface area contributed by atoms with Crippen molar-refractivity contribution < 1.29 is 35.5 Å². The lowest BCUT2D eigenvalue weighted by atomic mass is 9.90. The zero-order valence-electron chi connectivity index (χ0n) is 19.5. The first-order chi connectivity index (χ1) is 17.5. The quantitative estimate of drug-likeness (QED) is 0.547. The van der Waals surface area contributed by atoms with Crippen LogP contribution in [-0.2, 0) is 26.0 Å². The maximum absolute atomic E-state index is 15.7. The summed E-state index contributed by atoms with van der Waals surface area (Å²) in [7, 11) is -5.04. The van der Waals surface area contributed by atoms with Crippen LogP contribution in [0.25, 0.3) is 11.1 Å². The van der Waals surface area contributed by atoms with Crippen LogP contribution >= 0.6 is 0 Å². The van der Waals surface area contributed by atoms with Crippen molar-refractivity contribution in [3.05, 3.63) is 59.7 Å². The summed E-state index contributed by atoms with van der Waals surface area (Å²) in [5, 5.41) is 9.62. The highest BCUT2D eigenvalue weighted by molar-refractivity contribution is 7.89. The van der Waals surface area contributed by atoms with Crippen molar-refractivity contribution in [1.29, 1.82) is 5.26 Å². The van der Waals surface area contributed by atoms with Gasteiger partial charge in [0.1, 0.15) is 17.7 Å². The number of halogens is 4. The SMILES string of the molecule is N#C[C@]1(C(=O)N2CC3(CC3)[C@H](NS(=O)(=O)C(F)F)[C@@H]2Cc2cccc(-c3cccc(F)c3)c2F)CCO1. The van der Waals surface area contributed by atoms with Gasteiger partial charge in [-0.1, -0.05) is 30.3 Å². The van der Waals surface area contributed by atoms with E-state index in [9.17, 15) is 31.6 Å². The fourth-order valence-electron chi connectivity index (χ4n) is 5.34. The third kappa shape index (κ3) is 4.39. The van der Waals surface area contributed by atoms with E-state index in [0.29, 0.717) is 12.8 Å². The molecule has 2 aromatic carbocycles. The van der Waals surface area contributed by atoms with Crippen molar-refractivity contribution in [2.24, 2.45) is 5.41 Å². The van der Waals surface area contributed by atoms with E-state index in [1.54, 1.807) is 0 Å². The summed E-state index contributed by atoms with van der Waals surface area (Å²) in [5.41, 5.74) is -2.09. The van der Waals surface area contributed by atoms with Crippen LogP contribution in [-0.4, -0.2) is 55.8 Å². The van der Waals surface area contributed by atoms with Gasteiger partial charge in [0, 0.05) is 30.0 Å². The predicted octanol–water partition coefficient (Wildman–Crippen LogP) is 3.36. The Kier molecular flexibility index (Phi) is 6.29. The lowest BCUT2D eigenvalue weighted by Gasteiger charge is -2.39. The topological polar surface area (TPSA) is 99.5 Å². The molecule has 0 unspecified atom stereocenters. The number of nitrogens with one attached hydrogen (secondary N) is 1. The van der Waals surface area contributed by atoms with E-state index in [4.69, 9.17) is 4.74 Å². The molecule has 2 aromatic rings. The molecule has 1 aliphatic carbocycles. The first kappa shape index (κ1) is 25.6. The van der Waals surface area contributed by atoms with Crippen molar-refractivity contribution in [3.63, 3.8) is 0 Å². The first-order valence-electron chi connectivity index (χ1n) is 11.7. The molecule has 12 heteroatoms. The van der Waals surface area contributed by atoms with Crippen LogP contribution in [0.1, 0.15) is 24.8 Å². The number of likely N-dealkylation sites (tertiary alicyclic amines) is 1. The minimum Gasteiger partial charge on any atom is -0.352 e. The maximum atomic E-state index is 15.7. The van der Waals surface area contributed by atoms with Gasteiger partial charge in [-0.15, -0.1) is 0 Å². The average Bonchev–Trinajstić information content (AvgIpc) is 3.55. The minimum atomic E-state index is -5.04. The van der Waals surface area contributed by atoms with E-state index in [-0.39, 0.29) is 42.7 Å². The predicted molar refractivity (Wildman–Crippen MR) is 123 cm³/mol. The van der Waals surface area contributed by atoms with E-state index < -0.39 is 56.4 Å². The number of nitriles is 1. The molecule has 3 aliphatic rings. The number of carbonyl (C=O) groups is 1. The summed E-state index contributed by atoms with van der Waals surface area (Å²) < 4.78 is 87.8. The number of hydrogen-bond donors (Lipinski definition) is 1. The molecule has 3 atom stereocenters. The number of hydrogen-bond acceptors (Lipinski definition) is 5. The number of benzene rings is 2. The molecular weight excluding hydrogens is 514 g/mol. The monoisotopic (exact) mass is 537 g/mol. The third-order valence-electron chi connectivity index (χ3n) is 7.58. The molecule has 7 nitrogen and oxygen atoms in total. The number of ether oxygens (including phenoxy) is 1. The van der Waals surface area contributed by atoms with Crippen molar-refractivity contribution in [2.45, 2.75) is 49.1 Å². The molecule has 1 amide bonds. The number of carbonyl (C=O) groups excluding carboxylic acids is 1. The molecule has 0 bridgehead atoms. The highest BCUT2D eigenvalue weighted by Gasteiger charge is 2.64. The van der Waals surface area contributed by atoms with Crippen LogP contribution in [0.2, 0.25) is 0 Å². The van der Waals surface area contributed by atoms with Crippen molar-refractivity contribution in [3.8, 4) is 17.2 Å². The summed E-state index contributed by atoms with van der Waals surface area (Å²) in [6.45, 7) is 0.208. The van der Waals surface area contributed by atoms with Gasteiger partial charge in [0.25, 0.3) is 15.9 Å². The van der Waals surface area contributed by atoms with Gasteiger partial charge >= 0.3 is 5.76 Å². The van der Waals surface area contributed by atoms with Gasteiger partial charge in [0.15, 0.2) is 0 Å². The minimum absolute atomic E-state index is 0.0188. The molecule has 2 saturated heterocycles. The Morgan fingerprint density at radius 1 is 1.19 bits per heavy atom. The Labute approximate surface area is 211 Å². The van der Waals surface area contributed by atoms with Gasteiger partial charge in [-0.3, -0.25) is 4.79 Å². The normalized spacial score (nSPS) is 26.2. The van der Waals surface area contributed by atoms with Crippen molar-refractivity contribution in [1.82, 2.24) is 9.62 Å². The summed E-state index contributed by atoms with van der Waals surface area (Å²) in [6.07, 6.45) is 0.849. The third-order valence-corrected chi connectivity index (χ3v) is 8.63. The van der Waals surface area contributed by atoms with Gasteiger partial charge in [0.2, 0.25) is 5.60 Å². The Balaban J connectivity index is 1.55. The Hall–Kier alpha value is -3.01. The summed E-state index contributed by atoms with van der Waals surface area (Å²) in [4.78, 5) is 14.8. The van der Waals surface area contributed by atoms with Crippen LogP contribution in [0, 0.1) is 28.4 Å². The van der Waals surface area contributed by atoms with E-state index in [2.05, 4.69) is 4.72 Å². The smallest absolute Gasteiger partial charge is 0.350 e. The number of sulfonamides is 1. The van der Waals surface area contributed by atoms with Crippen LogP contribution in [0.4, 0.5) is 17.6 Å². The molecule has 196 valence electrons. The zero-order chi connectivity index (χ0) is 26.6. The van der Waals surface area contributed by atoms with Crippen LogP contribution < -0.4 is 4.72 Å². The van der Waals surface area contributed by atoms with Gasteiger partial charge in [-0.05, 0) is 42.5 Å². The fraction of sp³-hybridized carbons (Fsp3) is 0.440. The highest BCUT2D eigenvalue weighted by Crippen LogP contribution is 2.56. The molecule has 1 spiro atoms. The van der Waals surface area contributed by atoms with Gasteiger partial charge < -0.3 is 9.64 Å². The second-order valence-electron chi connectivity index (χ2n) is 9.79. The molecule has 1 saturated carbocycles. The lowest BCUT2D eigenvalue weighted by Crippen LogP contribution is -2.59. The molecule has 0 aromatic heterocycles.